The van der Waals surface area contributed by atoms with Gasteiger partial charge >= 0.3 is 0 Å². The topological polar surface area (TPSA) is 38.7 Å². The third-order valence-electron chi connectivity index (χ3n) is 6.25. The lowest BCUT2D eigenvalue weighted by atomic mass is 9.59. The molecule has 0 aromatic heterocycles. The van der Waals surface area contributed by atoms with E-state index in [0.29, 0.717) is 31.1 Å². The highest BCUT2D eigenvalue weighted by atomic mass is 79.9. The van der Waals surface area contributed by atoms with E-state index in [1.54, 1.807) is 0 Å². The third-order valence-corrected chi connectivity index (χ3v) is 10.0. The first-order valence-corrected chi connectivity index (χ1v) is 13.1. The second kappa shape index (κ2) is 10.2. The molecule has 2 aliphatic carbocycles. The van der Waals surface area contributed by atoms with E-state index in [1.165, 1.54) is 20.0 Å². The molecule has 154 valence electrons. The minimum Gasteiger partial charge on any atom is -0.373 e. The molecule has 0 saturated heterocycles. The van der Waals surface area contributed by atoms with Crippen molar-refractivity contribution >= 4 is 63.7 Å². The van der Waals surface area contributed by atoms with Crippen molar-refractivity contribution in [1.29, 1.82) is 0 Å². The van der Waals surface area contributed by atoms with E-state index < -0.39 is 6.29 Å². The molecule has 0 heterocycles. The first-order valence-electron chi connectivity index (χ1n) is 9.46. The van der Waals surface area contributed by atoms with Crippen LogP contribution in [0.2, 0.25) is 0 Å². The van der Waals surface area contributed by atoms with E-state index in [4.69, 9.17) is 9.47 Å². The average molecular weight is 628 g/mol. The quantitative estimate of drug-likeness (QED) is 0.296. The summed E-state index contributed by atoms with van der Waals surface area (Å²) < 4.78 is 10.8. The standard InChI is InChI=1S/C19H32Br4O3/c1-10-5-12(20)17(13(21)6-10)19(2,3)18-14(22)7-11(8-15(18)23)26-9-16(24)25-4/h10-18,24H,5-9H2,1-4H3. The molecule has 0 aromatic rings. The van der Waals surface area contributed by atoms with Crippen LogP contribution in [-0.2, 0) is 9.47 Å². The van der Waals surface area contributed by atoms with Gasteiger partial charge in [0.25, 0.3) is 0 Å². The number of aliphatic hydroxyl groups is 1. The van der Waals surface area contributed by atoms with Gasteiger partial charge < -0.3 is 14.6 Å². The van der Waals surface area contributed by atoms with Crippen molar-refractivity contribution in [2.45, 2.75) is 78.2 Å². The van der Waals surface area contributed by atoms with Gasteiger partial charge in [0.1, 0.15) is 0 Å². The molecule has 5 unspecified atom stereocenters. The van der Waals surface area contributed by atoms with E-state index in [-0.39, 0.29) is 18.1 Å². The predicted molar refractivity (Wildman–Crippen MR) is 122 cm³/mol. The van der Waals surface area contributed by atoms with Crippen LogP contribution in [0.1, 0.15) is 46.5 Å². The van der Waals surface area contributed by atoms with Gasteiger partial charge in [-0.2, -0.15) is 0 Å². The average Bonchev–Trinajstić information content (AvgIpc) is 2.50. The Labute approximate surface area is 192 Å². The summed E-state index contributed by atoms with van der Waals surface area (Å²) in [4.78, 5) is 1.82. The summed E-state index contributed by atoms with van der Waals surface area (Å²) in [5, 5.41) is 9.57. The molecular formula is C19H32Br4O3. The molecule has 0 amide bonds. The van der Waals surface area contributed by atoms with Crippen LogP contribution in [0.3, 0.4) is 0 Å². The Morgan fingerprint density at radius 2 is 1.35 bits per heavy atom. The highest BCUT2D eigenvalue weighted by molar-refractivity contribution is 9.10. The maximum atomic E-state index is 9.57. The zero-order chi connectivity index (χ0) is 19.6. The van der Waals surface area contributed by atoms with Crippen molar-refractivity contribution in [2.75, 3.05) is 13.7 Å². The predicted octanol–water partition coefficient (Wildman–Crippen LogP) is 5.87. The van der Waals surface area contributed by atoms with Gasteiger partial charge in [-0.25, -0.2) is 0 Å². The molecule has 2 aliphatic rings. The van der Waals surface area contributed by atoms with Gasteiger partial charge in [0.2, 0.25) is 0 Å². The third kappa shape index (κ3) is 5.69. The summed E-state index contributed by atoms with van der Waals surface area (Å²) in [7, 11) is 1.49. The van der Waals surface area contributed by atoms with Crippen LogP contribution in [-0.4, -0.2) is 50.5 Å². The van der Waals surface area contributed by atoms with Crippen molar-refractivity contribution < 1.29 is 14.6 Å². The Kier molecular flexibility index (Phi) is 9.45. The number of hydrogen-bond acceptors (Lipinski definition) is 3. The van der Waals surface area contributed by atoms with E-state index in [1.807, 2.05) is 0 Å². The van der Waals surface area contributed by atoms with Gasteiger partial charge in [0.15, 0.2) is 6.29 Å². The van der Waals surface area contributed by atoms with Crippen LogP contribution >= 0.6 is 63.7 Å². The zero-order valence-electron chi connectivity index (χ0n) is 16.0. The van der Waals surface area contributed by atoms with Crippen molar-refractivity contribution in [3.63, 3.8) is 0 Å². The Morgan fingerprint density at radius 1 is 0.923 bits per heavy atom. The van der Waals surface area contributed by atoms with E-state index in [0.717, 1.165) is 18.8 Å². The first kappa shape index (κ1) is 24.1. The first-order chi connectivity index (χ1) is 12.1. The molecule has 2 saturated carbocycles. The summed E-state index contributed by atoms with van der Waals surface area (Å²) in [5.74, 6) is 1.84. The largest absolute Gasteiger partial charge is 0.373 e. The molecular weight excluding hydrogens is 596 g/mol. The molecule has 3 nitrogen and oxygen atoms in total. The Morgan fingerprint density at radius 3 is 1.77 bits per heavy atom. The number of halogens is 4. The maximum Gasteiger partial charge on any atom is 0.177 e. The highest BCUT2D eigenvalue weighted by Crippen LogP contribution is 2.55. The number of rotatable bonds is 6. The monoisotopic (exact) mass is 624 g/mol. The lowest BCUT2D eigenvalue weighted by Gasteiger charge is -2.53. The number of hydrogen-bond donors (Lipinski definition) is 1. The van der Waals surface area contributed by atoms with Gasteiger partial charge in [-0.05, 0) is 48.9 Å². The second-order valence-electron chi connectivity index (χ2n) is 8.63. The fourth-order valence-corrected chi connectivity index (χ4v) is 12.1. The maximum absolute atomic E-state index is 9.57. The van der Waals surface area contributed by atoms with Gasteiger partial charge in [0, 0.05) is 26.4 Å². The molecule has 7 heteroatoms. The molecule has 2 fully saturated rings. The Bertz CT molecular complexity index is 427. The van der Waals surface area contributed by atoms with Crippen LogP contribution < -0.4 is 0 Å². The Balaban J connectivity index is 2.07. The van der Waals surface area contributed by atoms with Gasteiger partial charge in [-0.15, -0.1) is 0 Å². The summed E-state index contributed by atoms with van der Waals surface area (Å²) in [5.41, 5.74) is 0.168. The SMILES string of the molecule is COC(O)COC1CC(Br)C(C(C)(C)C2C(Br)CC(C)CC2Br)C(Br)C1. The molecule has 0 bridgehead atoms. The summed E-state index contributed by atoms with van der Waals surface area (Å²) in [6.45, 7) is 7.43. The summed E-state index contributed by atoms with van der Waals surface area (Å²) in [6, 6.07) is 0. The Hall–Kier alpha value is 1.80. The minimum absolute atomic E-state index is 0.131. The normalized spacial score (nSPS) is 43.3. The summed E-state index contributed by atoms with van der Waals surface area (Å²) in [6.07, 6.45) is 3.67. The van der Waals surface area contributed by atoms with Crippen LogP contribution in [0, 0.1) is 23.2 Å². The smallest absolute Gasteiger partial charge is 0.177 e. The van der Waals surface area contributed by atoms with Gasteiger partial charge in [-0.3, -0.25) is 0 Å². The van der Waals surface area contributed by atoms with E-state index >= 15 is 0 Å². The molecule has 0 aromatic carbocycles. The molecule has 5 atom stereocenters. The number of alkyl halides is 4. The molecule has 0 aliphatic heterocycles. The number of aliphatic hydroxyl groups excluding tert-OH is 1. The van der Waals surface area contributed by atoms with Gasteiger partial charge in [-0.1, -0.05) is 84.5 Å². The van der Waals surface area contributed by atoms with E-state index in [9.17, 15) is 5.11 Å². The fourth-order valence-electron chi connectivity index (χ4n) is 5.01. The molecule has 0 spiro atoms. The molecule has 26 heavy (non-hydrogen) atoms. The minimum atomic E-state index is -0.848. The lowest BCUT2D eigenvalue weighted by molar-refractivity contribution is -0.138. The fraction of sp³-hybridized carbons (Fsp3) is 1.00. The lowest BCUT2D eigenvalue weighted by Crippen LogP contribution is -2.53. The van der Waals surface area contributed by atoms with E-state index in [2.05, 4.69) is 84.5 Å². The second-order valence-corrected chi connectivity index (χ2v) is 13.3. The van der Waals surface area contributed by atoms with Crippen molar-refractivity contribution in [3.05, 3.63) is 0 Å². The van der Waals surface area contributed by atoms with Crippen LogP contribution in [0.4, 0.5) is 0 Å². The molecule has 1 N–H and O–H groups in total. The highest BCUT2D eigenvalue weighted by Gasteiger charge is 2.52. The van der Waals surface area contributed by atoms with Crippen LogP contribution in [0.25, 0.3) is 0 Å². The number of methoxy groups -OCH3 is 1. The number of ether oxygens (including phenoxy) is 2. The van der Waals surface area contributed by atoms with Gasteiger partial charge in [0.05, 0.1) is 12.7 Å². The van der Waals surface area contributed by atoms with Crippen molar-refractivity contribution in [1.82, 2.24) is 0 Å². The summed E-state index contributed by atoms with van der Waals surface area (Å²) >= 11 is 16.0. The van der Waals surface area contributed by atoms with Crippen LogP contribution in [0.15, 0.2) is 0 Å². The van der Waals surface area contributed by atoms with Crippen molar-refractivity contribution in [2.24, 2.45) is 23.2 Å². The molecule has 0 radical (unpaired) electrons. The van der Waals surface area contributed by atoms with Crippen molar-refractivity contribution in [3.8, 4) is 0 Å². The van der Waals surface area contributed by atoms with Crippen LogP contribution in [0.5, 0.6) is 0 Å². The zero-order valence-corrected chi connectivity index (χ0v) is 22.4. The molecule has 2 rings (SSSR count).